The molecule has 2 aliphatic rings. The Balaban J connectivity index is 1.27. The summed E-state index contributed by atoms with van der Waals surface area (Å²) in [5.41, 5.74) is 5.95. The summed E-state index contributed by atoms with van der Waals surface area (Å²) in [6.07, 6.45) is 5.74. The molecule has 252 valence electrons. The minimum Gasteiger partial charge on any atom is -0.465 e. The van der Waals surface area contributed by atoms with Crippen LogP contribution in [0, 0.1) is 5.92 Å². The van der Waals surface area contributed by atoms with Crippen LogP contribution in [0.1, 0.15) is 80.6 Å². The maximum absolute atomic E-state index is 12.1. The number of amides is 2. The van der Waals surface area contributed by atoms with Crippen molar-refractivity contribution in [2.45, 2.75) is 77.6 Å². The van der Waals surface area contributed by atoms with E-state index in [9.17, 15) is 14.7 Å². The van der Waals surface area contributed by atoms with E-state index in [1.54, 1.807) is 6.92 Å². The van der Waals surface area contributed by atoms with Gasteiger partial charge in [-0.25, -0.2) is 4.79 Å². The summed E-state index contributed by atoms with van der Waals surface area (Å²) >= 11 is 0. The summed E-state index contributed by atoms with van der Waals surface area (Å²) < 4.78 is 18.3. The molecular weight excluding hydrogens is 594 g/mol. The van der Waals surface area contributed by atoms with Crippen LogP contribution < -0.4 is 10.6 Å². The fraction of sp³-hybridized carbons (Fsp3) is 0.474. The molecule has 2 heterocycles. The van der Waals surface area contributed by atoms with Crippen molar-refractivity contribution in [3.8, 4) is 11.1 Å². The van der Waals surface area contributed by atoms with Crippen molar-refractivity contribution >= 4 is 12.0 Å². The number of benzene rings is 3. The molecule has 2 aliphatic heterocycles. The third-order valence-corrected chi connectivity index (χ3v) is 9.11. The average molecular weight is 644 g/mol. The van der Waals surface area contributed by atoms with Gasteiger partial charge in [-0.3, -0.25) is 4.79 Å². The number of hydrogen-bond acceptors (Lipinski definition) is 7. The van der Waals surface area contributed by atoms with Gasteiger partial charge in [0.2, 0.25) is 0 Å². The van der Waals surface area contributed by atoms with Crippen molar-refractivity contribution in [1.29, 1.82) is 0 Å². The molecule has 0 bridgehead atoms. The zero-order valence-corrected chi connectivity index (χ0v) is 27.7. The molecule has 9 nitrogen and oxygen atoms in total. The average Bonchev–Trinajstić information content (AvgIpc) is 3.09. The summed E-state index contributed by atoms with van der Waals surface area (Å²) in [5.74, 6) is -0.318. The SMILES string of the molecule is CCOC(=O)CNC(=O)NCc1cccc(-c2ccc(C3OC(CN4CCCCCCC4)C(C)C(c4ccc(CO)cc4)O3)cc2)c1. The van der Waals surface area contributed by atoms with Gasteiger partial charge in [-0.2, -0.15) is 0 Å². The number of carbonyl (C=O) groups excluding carboxylic acids is 2. The molecule has 9 heteroatoms. The second-order valence-corrected chi connectivity index (χ2v) is 12.6. The number of aliphatic hydroxyl groups excluding tert-OH is 1. The number of likely N-dealkylation sites (tertiary alicyclic amines) is 1. The number of nitrogens with zero attached hydrogens (tertiary/aromatic N) is 1. The first-order chi connectivity index (χ1) is 22.9. The van der Waals surface area contributed by atoms with Crippen LogP contribution in [0.3, 0.4) is 0 Å². The number of hydrogen-bond donors (Lipinski definition) is 3. The molecule has 47 heavy (non-hydrogen) atoms. The van der Waals surface area contributed by atoms with Crippen molar-refractivity contribution in [3.05, 3.63) is 95.1 Å². The third-order valence-electron chi connectivity index (χ3n) is 9.11. The molecule has 5 rings (SSSR count). The van der Waals surface area contributed by atoms with Gasteiger partial charge >= 0.3 is 12.0 Å². The normalized spacial score (nSPS) is 22.1. The van der Waals surface area contributed by atoms with E-state index >= 15 is 0 Å². The van der Waals surface area contributed by atoms with E-state index in [4.69, 9.17) is 14.2 Å². The van der Waals surface area contributed by atoms with E-state index in [2.05, 4.69) is 58.9 Å². The predicted molar refractivity (Wildman–Crippen MR) is 181 cm³/mol. The fourth-order valence-corrected chi connectivity index (χ4v) is 6.38. The van der Waals surface area contributed by atoms with Gasteiger partial charge in [0.25, 0.3) is 0 Å². The molecule has 0 aliphatic carbocycles. The van der Waals surface area contributed by atoms with Gasteiger partial charge in [-0.15, -0.1) is 0 Å². The fourth-order valence-electron chi connectivity index (χ4n) is 6.38. The van der Waals surface area contributed by atoms with Crippen LogP contribution in [0.2, 0.25) is 0 Å². The molecule has 2 saturated heterocycles. The van der Waals surface area contributed by atoms with Crippen LogP contribution in [-0.4, -0.2) is 60.9 Å². The zero-order valence-electron chi connectivity index (χ0n) is 27.7. The number of aliphatic hydroxyl groups is 1. The van der Waals surface area contributed by atoms with Crippen molar-refractivity contribution < 1.29 is 28.9 Å². The second-order valence-electron chi connectivity index (χ2n) is 12.6. The Bertz CT molecular complexity index is 1420. The maximum atomic E-state index is 12.1. The van der Waals surface area contributed by atoms with Gasteiger partial charge in [0, 0.05) is 24.6 Å². The molecule has 2 amide bonds. The van der Waals surface area contributed by atoms with Crippen molar-refractivity contribution in [2.24, 2.45) is 5.92 Å². The summed E-state index contributed by atoms with van der Waals surface area (Å²) in [4.78, 5) is 26.2. The van der Waals surface area contributed by atoms with Crippen LogP contribution >= 0.6 is 0 Å². The van der Waals surface area contributed by atoms with Gasteiger partial charge in [0.1, 0.15) is 6.54 Å². The Labute approximate surface area is 278 Å². The molecule has 0 radical (unpaired) electrons. The standard InChI is InChI=1S/C38H49N3O6/c1-3-45-35(43)24-40-38(44)39-23-29-10-9-11-33(22-29)30-16-18-32(19-17-30)37-46-34(25-41-20-7-5-4-6-8-21-41)27(2)36(47-37)31-14-12-28(26-42)13-15-31/h9-19,22,27,34,36-37,42H,3-8,20-21,23-26H2,1-2H3,(H2,39,40,44). The van der Waals surface area contributed by atoms with E-state index in [0.717, 1.165) is 53.0 Å². The highest BCUT2D eigenvalue weighted by atomic mass is 16.7. The zero-order chi connectivity index (χ0) is 33.0. The number of carbonyl (C=O) groups is 2. The highest BCUT2D eigenvalue weighted by Gasteiger charge is 2.39. The van der Waals surface area contributed by atoms with Crippen LogP contribution in [0.4, 0.5) is 4.79 Å². The molecule has 2 fully saturated rings. The Morgan fingerprint density at radius 1 is 0.851 bits per heavy atom. The van der Waals surface area contributed by atoms with Gasteiger partial charge in [-0.1, -0.05) is 92.9 Å². The molecule has 3 aromatic rings. The second kappa shape index (κ2) is 17.4. The van der Waals surface area contributed by atoms with E-state index in [1.807, 2.05) is 36.4 Å². The molecule has 4 atom stereocenters. The van der Waals surface area contributed by atoms with Crippen LogP contribution in [0.5, 0.6) is 0 Å². The minimum atomic E-state index is -0.508. The minimum absolute atomic E-state index is 0.00837. The van der Waals surface area contributed by atoms with Crippen LogP contribution in [0.15, 0.2) is 72.8 Å². The predicted octanol–water partition coefficient (Wildman–Crippen LogP) is 6.27. The smallest absolute Gasteiger partial charge is 0.325 e. The van der Waals surface area contributed by atoms with Gasteiger partial charge in [-0.05, 0) is 66.7 Å². The van der Waals surface area contributed by atoms with Crippen molar-refractivity contribution in [3.63, 3.8) is 0 Å². The Hall–Kier alpha value is -3.76. The molecule has 0 saturated carbocycles. The summed E-state index contributed by atoms with van der Waals surface area (Å²) in [5, 5.41) is 14.9. The first-order valence-electron chi connectivity index (χ1n) is 17.0. The van der Waals surface area contributed by atoms with Crippen LogP contribution in [0.25, 0.3) is 11.1 Å². The Morgan fingerprint density at radius 2 is 1.55 bits per heavy atom. The lowest BCUT2D eigenvalue weighted by Crippen LogP contribution is -2.45. The largest absolute Gasteiger partial charge is 0.465 e. The number of urea groups is 1. The molecule has 4 unspecified atom stereocenters. The number of esters is 1. The van der Waals surface area contributed by atoms with E-state index < -0.39 is 18.3 Å². The molecule has 0 spiro atoms. The lowest BCUT2D eigenvalue weighted by Gasteiger charge is -2.43. The molecule has 3 N–H and O–H groups in total. The van der Waals surface area contributed by atoms with Crippen molar-refractivity contribution in [2.75, 3.05) is 32.8 Å². The highest BCUT2D eigenvalue weighted by Crippen LogP contribution is 2.42. The van der Waals surface area contributed by atoms with Gasteiger partial charge < -0.3 is 34.9 Å². The first kappa shape index (κ1) is 34.6. The first-order valence-corrected chi connectivity index (χ1v) is 17.0. The number of nitrogens with one attached hydrogen (secondary N) is 2. The third kappa shape index (κ3) is 9.87. The topological polar surface area (TPSA) is 109 Å². The van der Waals surface area contributed by atoms with E-state index in [0.29, 0.717) is 6.54 Å². The van der Waals surface area contributed by atoms with E-state index in [1.165, 1.54) is 32.1 Å². The number of rotatable bonds is 11. The molecule has 0 aromatic heterocycles. The monoisotopic (exact) mass is 643 g/mol. The van der Waals surface area contributed by atoms with Gasteiger partial charge in [0.05, 0.1) is 25.4 Å². The van der Waals surface area contributed by atoms with Crippen molar-refractivity contribution in [1.82, 2.24) is 15.5 Å². The summed E-state index contributed by atoms with van der Waals surface area (Å²) in [6.45, 7) is 7.48. The number of ether oxygens (including phenoxy) is 3. The van der Waals surface area contributed by atoms with Gasteiger partial charge in [0.15, 0.2) is 6.29 Å². The molecule has 3 aromatic carbocycles. The van der Waals surface area contributed by atoms with Crippen LogP contribution in [-0.2, 0) is 32.2 Å². The Morgan fingerprint density at radius 3 is 2.26 bits per heavy atom. The maximum Gasteiger partial charge on any atom is 0.325 e. The Kier molecular flexibility index (Phi) is 12.8. The summed E-state index contributed by atoms with van der Waals surface area (Å²) in [6, 6.07) is 24.0. The van der Waals surface area contributed by atoms with E-state index in [-0.39, 0.29) is 37.9 Å². The highest BCUT2D eigenvalue weighted by molar-refractivity contribution is 5.80. The summed E-state index contributed by atoms with van der Waals surface area (Å²) in [7, 11) is 0. The lowest BCUT2D eigenvalue weighted by molar-refractivity contribution is -0.276. The molecular formula is C38H49N3O6. The lowest BCUT2D eigenvalue weighted by atomic mass is 9.89. The quantitative estimate of drug-likeness (QED) is 0.212.